The van der Waals surface area contributed by atoms with Crippen molar-refractivity contribution in [2.45, 2.75) is 37.8 Å². The first kappa shape index (κ1) is 26.1. The van der Waals surface area contributed by atoms with Crippen LogP contribution in [0.15, 0.2) is 24.4 Å². The van der Waals surface area contributed by atoms with E-state index in [-0.39, 0.29) is 49.0 Å². The number of carbonyl (C=O) groups is 2. The molecule has 1 aromatic heterocycles. The van der Waals surface area contributed by atoms with Crippen molar-refractivity contribution in [2.24, 2.45) is 5.73 Å². The number of hydrogen-bond donors (Lipinski definition) is 4. The van der Waals surface area contributed by atoms with Crippen LogP contribution in [0.4, 0.5) is 15.4 Å². The molecule has 2 aliphatic heterocycles. The van der Waals surface area contributed by atoms with E-state index in [2.05, 4.69) is 25.8 Å². The third-order valence-electron chi connectivity index (χ3n) is 5.34. The molecule has 0 saturated carbocycles. The normalized spacial score (nSPS) is 17.4. The molecule has 170 valence electrons. The summed E-state index contributed by atoms with van der Waals surface area (Å²) in [6.07, 6.45) is 5.18. The van der Waals surface area contributed by atoms with E-state index in [1.54, 1.807) is 0 Å². The quantitative estimate of drug-likeness (QED) is 0.527. The molecule has 11 heteroatoms. The fourth-order valence-electron chi connectivity index (χ4n) is 3.71. The van der Waals surface area contributed by atoms with Gasteiger partial charge >= 0.3 is 12.1 Å². The fraction of sp³-hybridized carbons (Fsp3) is 0.632. The molecule has 3 rings (SSSR count). The Labute approximate surface area is 190 Å². The van der Waals surface area contributed by atoms with Gasteiger partial charge in [-0.3, -0.25) is 0 Å². The molecule has 0 aliphatic carbocycles. The second-order valence-electron chi connectivity index (χ2n) is 7.35. The van der Waals surface area contributed by atoms with Gasteiger partial charge in [-0.05, 0) is 37.8 Å². The van der Waals surface area contributed by atoms with Crippen LogP contribution in [0.2, 0.25) is 0 Å². The molecule has 2 fully saturated rings. The van der Waals surface area contributed by atoms with Crippen LogP contribution in [0.25, 0.3) is 0 Å². The number of amides is 4. The number of pyridine rings is 1. The molecule has 4 amide bonds. The summed E-state index contributed by atoms with van der Waals surface area (Å²) in [4.78, 5) is 32.8. The van der Waals surface area contributed by atoms with Crippen LogP contribution in [0.1, 0.15) is 25.7 Å². The highest BCUT2D eigenvalue weighted by Gasteiger charge is 2.27. The van der Waals surface area contributed by atoms with Crippen molar-refractivity contribution in [3.05, 3.63) is 24.4 Å². The third kappa shape index (κ3) is 7.70. The van der Waals surface area contributed by atoms with Gasteiger partial charge in [-0.25, -0.2) is 14.6 Å². The first-order valence-corrected chi connectivity index (χ1v) is 10.1. The number of carbonyl (C=O) groups excluding carboxylic acids is 2. The highest BCUT2D eigenvalue weighted by atomic mass is 35.5. The van der Waals surface area contributed by atoms with Gasteiger partial charge in [-0.15, -0.1) is 24.8 Å². The van der Waals surface area contributed by atoms with Crippen LogP contribution < -0.4 is 26.6 Å². The fourth-order valence-corrected chi connectivity index (χ4v) is 3.71. The zero-order valence-electron chi connectivity index (χ0n) is 17.1. The molecule has 0 atom stereocenters. The summed E-state index contributed by atoms with van der Waals surface area (Å²) in [7, 11) is 0. The first-order chi connectivity index (χ1) is 13.7. The maximum Gasteiger partial charge on any atom is 0.317 e. The Bertz CT molecular complexity index is 637. The van der Waals surface area contributed by atoms with Gasteiger partial charge in [0, 0.05) is 57.5 Å². The number of rotatable bonds is 5. The number of nitrogens with one attached hydrogen (secondary N) is 3. The lowest BCUT2D eigenvalue weighted by Gasteiger charge is -2.36. The van der Waals surface area contributed by atoms with Crippen molar-refractivity contribution in [2.75, 3.05) is 44.2 Å². The number of aromatic nitrogens is 1. The lowest BCUT2D eigenvalue weighted by Crippen LogP contribution is -2.54. The molecular formula is C19H33Cl2N7O2. The van der Waals surface area contributed by atoms with Gasteiger partial charge in [0.1, 0.15) is 5.82 Å². The molecule has 2 saturated heterocycles. The Morgan fingerprint density at radius 1 is 1.00 bits per heavy atom. The van der Waals surface area contributed by atoms with Crippen LogP contribution in [0.5, 0.6) is 0 Å². The Hall–Kier alpha value is -1.97. The largest absolute Gasteiger partial charge is 0.356 e. The van der Waals surface area contributed by atoms with Crippen molar-refractivity contribution in [3.63, 3.8) is 0 Å². The van der Waals surface area contributed by atoms with Gasteiger partial charge in [0.05, 0.1) is 0 Å². The molecule has 0 unspecified atom stereocenters. The van der Waals surface area contributed by atoms with Crippen molar-refractivity contribution >= 4 is 42.7 Å². The van der Waals surface area contributed by atoms with Gasteiger partial charge < -0.3 is 31.5 Å². The molecule has 9 nitrogen and oxygen atoms in total. The van der Waals surface area contributed by atoms with E-state index in [0.717, 1.165) is 44.6 Å². The van der Waals surface area contributed by atoms with Gasteiger partial charge in [-0.1, -0.05) is 6.07 Å². The summed E-state index contributed by atoms with van der Waals surface area (Å²) < 4.78 is 0. The summed E-state index contributed by atoms with van der Waals surface area (Å²) in [6, 6.07) is 6.05. The third-order valence-corrected chi connectivity index (χ3v) is 5.34. The lowest BCUT2D eigenvalue weighted by atomic mass is 10.0. The average molecular weight is 462 g/mol. The Morgan fingerprint density at radius 2 is 1.63 bits per heavy atom. The van der Waals surface area contributed by atoms with E-state index in [1.165, 1.54) is 0 Å². The molecule has 30 heavy (non-hydrogen) atoms. The van der Waals surface area contributed by atoms with Crippen molar-refractivity contribution in [1.82, 2.24) is 25.8 Å². The minimum Gasteiger partial charge on any atom is -0.356 e. The smallest absolute Gasteiger partial charge is 0.317 e. The zero-order valence-corrected chi connectivity index (χ0v) is 18.7. The van der Waals surface area contributed by atoms with Crippen molar-refractivity contribution in [3.8, 4) is 0 Å². The van der Waals surface area contributed by atoms with Crippen molar-refractivity contribution < 1.29 is 9.59 Å². The highest BCUT2D eigenvalue weighted by Crippen LogP contribution is 2.18. The predicted octanol–water partition coefficient (Wildman–Crippen LogP) is 1.33. The molecule has 0 spiro atoms. The zero-order chi connectivity index (χ0) is 19.8. The predicted molar refractivity (Wildman–Crippen MR) is 123 cm³/mol. The van der Waals surface area contributed by atoms with E-state index < -0.39 is 0 Å². The Morgan fingerprint density at radius 3 is 2.23 bits per heavy atom. The number of nitrogens with two attached hydrogens (primary N) is 1. The Kier molecular flexibility index (Phi) is 11.6. The van der Waals surface area contributed by atoms with Gasteiger partial charge in [0.25, 0.3) is 0 Å². The average Bonchev–Trinajstić information content (AvgIpc) is 2.74. The number of likely N-dealkylation sites (tertiary alicyclic amines) is 1. The summed E-state index contributed by atoms with van der Waals surface area (Å²) in [5, 5.41) is 8.82. The second kappa shape index (κ2) is 13.4. The van der Waals surface area contributed by atoms with Crippen LogP contribution in [-0.2, 0) is 0 Å². The number of anilines is 1. The van der Waals surface area contributed by atoms with Crippen LogP contribution in [-0.4, -0.2) is 73.3 Å². The van der Waals surface area contributed by atoms with Crippen LogP contribution in [0.3, 0.4) is 0 Å². The summed E-state index contributed by atoms with van der Waals surface area (Å²) in [6.45, 7) is 3.98. The highest BCUT2D eigenvalue weighted by molar-refractivity contribution is 5.85. The molecule has 0 radical (unpaired) electrons. The maximum atomic E-state index is 12.6. The number of halogens is 2. The number of hydrogen-bond acceptors (Lipinski definition) is 5. The molecule has 3 heterocycles. The molecule has 5 N–H and O–H groups in total. The van der Waals surface area contributed by atoms with E-state index in [9.17, 15) is 9.59 Å². The molecule has 0 aromatic carbocycles. The molecular weight excluding hydrogens is 429 g/mol. The first-order valence-electron chi connectivity index (χ1n) is 10.1. The number of urea groups is 2. The van der Waals surface area contributed by atoms with Gasteiger partial charge in [-0.2, -0.15) is 0 Å². The van der Waals surface area contributed by atoms with Crippen LogP contribution >= 0.6 is 24.8 Å². The standard InChI is InChI=1S/C19H31N7O2.2ClH/c20-8-10-22-18(27)23-15-6-13-26(14-7-15)19(28)24-16-4-11-25(12-5-16)17-3-1-2-9-21-17;;/h1-3,9,15-16H,4-8,10-14,20H2,(H,24,28)(H2,22,23,27);2*1H. The van der Waals surface area contributed by atoms with E-state index in [0.29, 0.717) is 26.2 Å². The van der Waals surface area contributed by atoms with Crippen LogP contribution in [0, 0.1) is 0 Å². The minimum atomic E-state index is -0.187. The maximum absolute atomic E-state index is 12.6. The Balaban J connectivity index is 0.00000225. The number of piperidine rings is 2. The SMILES string of the molecule is Cl.Cl.NCCNC(=O)NC1CCN(C(=O)NC2CCN(c3ccccn3)CC2)CC1. The van der Waals surface area contributed by atoms with Crippen molar-refractivity contribution in [1.29, 1.82) is 0 Å². The molecule has 1 aromatic rings. The van der Waals surface area contributed by atoms with E-state index >= 15 is 0 Å². The summed E-state index contributed by atoms with van der Waals surface area (Å²) >= 11 is 0. The summed E-state index contributed by atoms with van der Waals surface area (Å²) in [5.41, 5.74) is 5.38. The monoisotopic (exact) mass is 461 g/mol. The number of nitrogens with zero attached hydrogens (tertiary/aromatic N) is 3. The molecule has 2 aliphatic rings. The second-order valence-corrected chi connectivity index (χ2v) is 7.35. The van der Waals surface area contributed by atoms with E-state index in [1.807, 2.05) is 29.3 Å². The topological polar surface area (TPSA) is 116 Å². The lowest BCUT2D eigenvalue weighted by molar-refractivity contribution is 0.171. The molecule has 0 bridgehead atoms. The van der Waals surface area contributed by atoms with E-state index in [4.69, 9.17) is 5.73 Å². The summed E-state index contributed by atoms with van der Waals surface area (Å²) in [5.74, 6) is 0.998. The van der Waals surface area contributed by atoms with Gasteiger partial charge in [0.15, 0.2) is 0 Å². The minimum absolute atomic E-state index is 0. The van der Waals surface area contributed by atoms with Gasteiger partial charge in [0.2, 0.25) is 0 Å².